The summed E-state index contributed by atoms with van der Waals surface area (Å²) in [5.41, 5.74) is 1.60. The number of hydrogen-bond donors (Lipinski definition) is 0. The molecule has 1 amide bonds. The summed E-state index contributed by atoms with van der Waals surface area (Å²) in [6.45, 7) is 1.74. The molecule has 0 aliphatic carbocycles. The van der Waals surface area contributed by atoms with Crippen molar-refractivity contribution in [2.75, 3.05) is 13.7 Å². The lowest BCUT2D eigenvalue weighted by Crippen LogP contribution is -2.46. The van der Waals surface area contributed by atoms with E-state index >= 15 is 0 Å². The van der Waals surface area contributed by atoms with Crippen molar-refractivity contribution in [2.24, 2.45) is 10.3 Å². The van der Waals surface area contributed by atoms with Gasteiger partial charge in [0, 0.05) is 19.1 Å². The first kappa shape index (κ1) is 25.5. The Hall–Kier alpha value is -3.56. The fourth-order valence-electron chi connectivity index (χ4n) is 3.72. The number of methoxy groups -OCH3 is 1. The zero-order chi connectivity index (χ0) is 25.5. The summed E-state index contributed by atoms with van der Waals surface area (Å²) in [7, 11) is 1.42. The number of benzene rings is 3. The highest BCUT2D eigenvalue weighted by Crippen LogP contribution is 2.50. The van der Waals surface area contributed by atoms with Crippen LogP contribution in [0.5, 0.6) is 0 Å². The number of thioether (sulfide) groups is 1. The number of hydrogen-bond acceptors (Lipinski definition) is 6. The van der Waals surface area contributed by atoms with Crippen LogP contribution in [0.15, 0.2) is 89.1 Å². The van der Waals surface area contributed by atoms with Gasteiger partial charge in [-0.1, -0.05) is 77.6 Å². The minimum atomic E-state index is -1.10. The van der Waals surface area contributed by atoms with E-state index in [0.29, 0.717) is 0 Å². The van der Waals surface area contributed by atoms with E-state index in [-0.39, 0.29) is 23.6 Å². The first-order valence-corrected chi connectivity index (χ1v) is 12.1. The highest BCUT2D eigenvalue weighted by Gasteiger charge is 2.50. The largest absolute Gasteiger partial charge is 0.396 e. The van der Waals surface area contributed by atoms with E-state index in [2.05, 4.69) is 10.3 Å². The molecule has 1 unspecified atom stereocenters. The minimum absolute atomic E-state index is 0.0244. The Morgan fingerprint density at radius 1 is 1.11 bits per heavy atom. The van der Waals surface area contributed by atoms with Gasteiger partial charge in [0.05, 0.1) is 6.21 Å². The van der Waals surface area contributed by atoms with Crippen LogP contribution in [0.1, 0.15) is 30.0 Å². The Bertz CT molecular complexity index is 1260. The highest BCUT2D eigenvalue weighted by atomic mass is 32.2. The zero-order valence-corrected chi connectivity index (χ0v) is 20.6. The third kappa shape index (κ3) is 5.47. The zero-order valence-electron chi connectivity index (χ0n) is 19.8. The lowest BCUT2D eigenvalue weighted by Gasteiger charge is -2.36. The summed E-state index contributed by atoms with van der Waals surface area (Å²) >= 11 is 1.17. The van der Waals surface area contributed by atoms with Gasteiger partial charge in [-0.2, -0.15) is 5.10 Å². The number of ether oxygens (including phenoxy) is 1. The topological polar surface area (TPSA) is 63.5 Å². The van der Waals surface area contributed by atoms with Gasteiger partial charge in [0.2, 0.25) is 0 Å². The summed E-state index contributed by atoms with van der Waals surface area (Å²) in [5, 5.41) is 10.0. The number of amides is 1. The molecule has 0 radical (unpaired) electrons. The van der Waals surface area contributed by atoms with E-state index in [1.807, 2.05) is 60.7 Å². The molecule has 186 valence electrons. The number of rotatable bonds is 9. The van der Waals surface area contributed by atoms with Crippen LogP contribution in [-0.4, -0.2) is 42.0 Å². The summed E-state index contributed by atoms with van der Waals surface area (Å²) in [5.74, 6) is -1.66. The van der Waals surface area contributed by atoms with Gasteiger partial charge in [-0.25, -0.2) is 13.8 Å². The first-order valence-electron chi connectivity index (χ1n) is 11.3. The van der Waals surface area contributed by atoms with Crippen LogP contribution >= 0.6 is 11.8 Å². The molecule has 6 nitrogen and oxygen atoms in total. The number of carbonyl (C=O) groups excluding carboxylic acids is 1. The van der Waals surface area contributed by atoms with Crippen LogP contribution in [-0.2, 0) is 19.2 Å². The van der Waals surface area contributed by atoms with Gasteiger partial charge in [-0.3, -0.25) is 4.79 Å². The smallest absolute Gasteiger partial charge is 0.273 e. The van der Waals surface area contributed by atoms with E-state index in [9.17, 15) is 13.6 Å². The highest BCUT2D eigenvalue weighted by molar-refractivity contribution is 8.15. The predicted octanol–water partition coefficient (Wildman–Crippen LogP) is 5.53. The molecule has 3 aromatic carbocycles. The molecule has 0 saturated heterocycles. The van der Waals surface area contributed by atoms with Crippen LogP contribution in [0.4, 0.5) is 8.78 Å². The van der Waals surface area contributed by atoms with Gasteiger partial charge in [0.1, 0.15) is 34.3 Å². The fourth-order valence-corrected chi connectivity index (χ4v) is 5.09. The van der Waals surface area contributed by atoms with Gasteiger partial charge in [0.25, 0.3) is 5.91 Å². The average molecular weight is 510 g/mol. The Kier molecular flexibility index (Phi) is 8.12. The van der Waals surface area contributed by atoms with E-state index in [4.69, 9.17) is 9.57 Å². The number of nitrogens with zero attached hydrogens (tertiary/aromatic N) is 3. The van der Waals surface area contributed by atoms with E-state index in [1.165, 1.54) is 23.9 Å². The molecule has 3 aromatic rings. The molecule has 0 spiro atoms. The van der Waals surface area contributed by atoms with Gasteiger partial charge >= 0.3 is 0 Å². The fraction of sp³-hybridized carbons (Fsp3) is 0.222. The van der Waals surface area contributed by atoms with Gasteiger partial charge in [-0.05, 0) is 36.2 Å². The van der Waals surface area contributed by atoms with Crippen LogP contribution in [0.25, 0.3) is 0 Å². The van der Waals surface area contributed by atoms with Crippen molar-refractivity contribution in [3.8, 4) is 0 Å². The molecule has 0 bridgehead atoms. The first-order chi connectivity index (χ1) is 17.4. The van der Waals surface area contributed by atoms with Gasteiger partial charge < -0.3 is 9.57 Å². The number of hydrazone groups is 1. The third-order valence-electron chi connectivity index (χ3n) is 5.70. The Labute approximate surface area is 212 Å². The maximum atomic E-state index is 14.7. The van der Waals surface area contributed by atoms with Crippen molar-refractivity contribution >= 4 is 28.9 Å². The third-order valence-corrected chi connectivity index (χ3v) is 7.15. The van der Waals surface area contributed by atoms with Crippen LogP contribution in [0.3, 0.4) is 0 Å². The van der Waals surface area contributed by atoms with Crippen molar-refractivity contribution in [1.29, 1.82) is 0 Å². The van der Waals surface area contributed by atoms with Crippen LogP contribution in [0.2, 0.25) is 0 Å². The van der Waals surface area contributed by atoms with E-state index in [0.717, 1.165) is 29.3 Å². The SMILES string of the molecule is CO[C@@H](C)C(=O)N1N=C(c2cc(F)ccc2F)SC1(CCO/N=C/c1ccccc1)c1ccccc1. The lowest BCUT2D eigenvalue weighted by molar-refractivity contribution is -0.145. The molecule has 0 N–H and O–H groups in total. The molecule has 0 fully saturated rings. The molecule has 1 aliphatic heterocycles. The minimum Gasteiger partial charge on any atom is -0.396 e. The van der Waals surface area contributed by atoms with Crippen molar-refractivity contribution in [1.82, 2.24) is 5.01 Å². The summed E-state index contributed by atoms with van der Waals surface area (Å²) in [4.78, 5) is 17.9. The Balaban J connectivity index is 1.69. The second-order valence-corrected chi connectivity index (χ2v) is 9.30. The predicted molar refractivity (Wildman–Crippen MR) is 137 cm³/mol. The Morgan fingerprint density at radius 2 is 1.81 bits per heavy atom. The molecule has 0 aromatic heterocycles. The average Bonchev–Trinajstić information content (AvgIpc) is 3.30. The summed E-state index contributed by atoms with van der Waals surface area (Å²) < 4.78 is 34.0. The van der Waals surface area contributed by atoms with Crippen LogP contribution < -0.4 is 0 Å². The van der Waals surface area contributed by atoms with Crippen LogP contribution in [0, 0.1) is 11.6 Å². The maximum Gasteiger partial charge on any atom is 0.273 e. The summed E-state index contributed by atoms with van der Waals surface area (Å²) in [6.07, 6.45) is 1.04. The normalized spacial score (nSPS) is 18.3. The molecule has 9 heteroatoms. The molecule has 4 rings (SSSR count). The monoisotopic (exact) mass is 509 g/mol. The van der Waals surface area contributed by atoms with E-state index in [1.54, 1.807) is 13.1 Å². The second-order valence-electron chi connectivity index (χ2n) is 8.04. The second kappa shape index (κ2) is 11.5. The molecular formula is C27H25F2N3O3S. The molecule has 1 aliphatic rings. The maximum absolute atomic E-state index is 14.7. The molecule has 1 heterocycles. The quantitative estimate of drug-likeness (QED) is 0.216. The molecular weight excluding hydrogens is 484 g/mol. The Morgan fingerprint density at radius 3 is 2.50 bits per heavy atom. The van der Waals surface area contributed by atoms with Gasteiger partial charge in [0.15, 0.2) is 0 Å². The van der Waals surface area contributed by atoms with Crippen molar-refractivity contribution in [3.63, 3.8) is 0 Å². The number of carbonyl (C=O) groups is 1. The number of oxime groups is 1. The molecule has 36 heavy (non-hydrogen) atoms. The van der Waals surface area contributed by atoms with Crippen molar-refractivity contribution in [2.45, 2.75) is 24.3 Å². The van der Waals surface area contributed by atoms with E-state index < -0.39 is 28.5 Å². The molecule has 0 saturated carbocycles. The molecule has 2 atom stereocenters. The number of halogens is 2. The summed E-state index contributed by atoms with van der Waals surface area (Å²) in [6, 6.07) is 21.9. The van der Waals surface area contributed by atoms with Crippen molar-refractivity contribution < 1.29 is 23.1 Å². The van der Waals surface area contributed by atoms with Crippen molar-refractivity contribution in [3.05, 3.63) is 107 Å². The lowest BCUT2D eigenvalue weighted by atomic mass is 10.0. The van der Waals surface area contributed by atoms with Gasteiger partial charge in [-0.15, -0.1) is 0 Å². The standard InChI is InChI=1S/C27H25F2N3O3S/c1-19(34-2)26(33)32-27(21-11-7-4-8-12-21,15-16-35-30-18-20-9-5-3-6-10-20)36-25(31-32)23-17-22(28)13-14-24(23)29/h3-14,17-19H,15-16H2,1-2H3/b30-18+/t19-,27?/m0/s1.